The molecule has 2 heterocycles. The molecule has 0 aliphatic rings. The molecule has 8 nitrogen and oxygen atoms in total. The SMILES string of the molecule is O=C(Nc1ccc(OCc2cccc(-c3nn[nH]n3)c2)c(F)c1)c1occc1-c1ccc(F)c(F)c1. The second kappa shape index (κ2) is 9.74. The van der Waals surface area contributed by atoms with Gasteiger partial charge < -0.3 is 14.5 Å². The summed E-state index contributed by atoms with van der Waals surface area (Å²) in [4.78, 5) is 12.7. The number of benzene rings is 3. The lowest BCUT2D eigenvalue weighted by Gasteiger charge is -2.10. The highest BCUT2D eigenvalue weighted by molar-refractivity contribution is 6.06. The van der Waals surface area contributed by atoms with Crippen LogP contribution in [0.5, 0.6) is 5.75 Å². The number of rotatable bonds is 7. The molecule has 0 saturated heterocycles. The van der Waals surface area contributed by atoms with Gasteiger partial charge >= 0.3 is 0 Å². The van der Waals surface area contributed by atoms with Crippen molar-refractivity contribution in [1.82, 2.24) is 20.6 Å². The van der Waals surface area contributed by atoms with Gasteiger partial charge in [0.15, 0.2) is 29.0 Å². The number of aromatic amines is 1. The van der Waals surface area contributed by atoms with Crippen LogP contribution in [-0.2, 0) is 6.61 Å². The number of aromatic nitrogens is 4. The number of tetrazole rings is 1. The largest absolute Gasteiger partial charge is 0.486 e. The maximum Gasteiger partial charge on any atom is 0.292 e. The Hall–Kier alpha value is -4.93. The zero-order valence-electron chi connectivity index (χ0n) is 18.3. The number of carbonyl (C=O) groups excluding carboxylic acids is 1. The molecule has 5 aromatic rings. The molecule has 11 heteroatoms. The van der Waals surface area contributed by atoms with Gasteiger partial charge in [-0.25, -0.2) is 13.2 Å². The van der Waals surface area contributed by atoms with Gasteiger partial charge in [0.05, 0.1) is 6.26 Å². The number of H-pyrrole nitrogens is 1. The first kappa shape index (κ1) is 22.8. The van der Waals surface area contributed by atoms with Gasteiger partial charge in [-0.1, -0.05) is 24.3 Å². The predicted octanol–water partition coefficient (Wildman–Crippen LogP) is 5.38. The van der Waals surface area contributed by atoms with Crippen molar-refractivity contribution in [2.45, 2.75) is 6.61 Å². The van der Waals surface area contributed by atoms with Crippen molar-refractivity contribution >= 4 is 11.6 Å². The van der Waals surface area contributed by atoms with Crippen LogP contribution in [0, 0.1) is 17.5 Å². The van der Waals surface area contributed by atoms with E-state index in [9.17, 15) is 18.0 Å². The van der Waals surface area contributed by atoms with Crippen molar-refractivity contribution in [3.63, 3.8) is 0 Å². The Morgan fingerprint density at radius 3 is 2.61 bits per heavy atom. The number of anilines is 1. The van der Waals surface area contributed by atoms with Crippen molar-refractivity contribution in [2.75, 3.05) is 5.32 Å². The molecule has 1 amide bonds. The average molecular weight is 491 g/mol. The molecule has 0 fully saturated rings. The van der Waals surface area contributed by atoms with Crippen LogP contribution in [0.3, 0.4) is 0 Å². The highest BCUT2D eigenvalue weighted by Gasteiger charge is 2.19. The van der Waals surface area contributed by atoms with Gasteiger partial charge in [0.2, 0.25) is 5.82 Å². The fraction of sp³-hybridized carbons (Fsp3) is 0.0400. The van der Waals surface area contributed by atoms with Gasteiger partial charge in [0, 0.05) is 22.9 Å². The molecule has 36 heavy (non-hydrogen) atoms. The third kappa shape index (κ3) is 4.80. The summed E-state index contributed by atoms with van der Waals surface area (Å²) in [5.74, 6) is -3.17. The van der Waals surface area contributed by atoms with Gasteiger partial charge in [-0.2, -0.15) is 5.21 Å². The third-order valence-corrected chi connectivity index (χ3v) is 5.22. The minimum atomic E-state index is -1.06. The van der Waals surface area contributed by atoms with Crippen LogP contribution in [0.1, 0.15) is 16.1 Å². The maximum absolute atomic E-state index is 14.7. The fourth-order valence-electron chi connectivity index (χ4n) is 3.50. The Morgan fingerprint density at radius 1 is 0.944 bits per heavy atom. The normalized spacial score (nSPS) is 10.9. The Labute approximate surface area is 201 Å². The molecular formula is C25H16F3N5O3. The summed E-state index contributed by atoms with van der Waals surface area (Å²) in [6.07, 6.45) is 1.25. The van der Waals surface area contributed by atoms with Crippen LogP contribution >= 0.6 is 0 Å². The molecule has 0 aliphatic carbocycles. The molecule has 0 saturated carbocycles. The standard InChI is InChI=1S/C25H16F3N5O3/c26-19-6-4-15(11-20(19)27)18-8-9-35-23(18)25(34)29-17-5-7-22(21(28)12-17)36-13-14-2-1-3-16(10-14)24-30-32-33-31-24/h1-12H,13H2,(H,29,34)(H,30,31,32,33). The number of hydrogen-bond donors (Lipinski definition) is 2. The van der Waals surface area contributed by atoms with E-state index in [2.05, 4.69) is 25.9 Å². The summed E-state index contributed by atoms with van der Waals surface area (Å²) in [5, 5.41) is 16.3. The summed E-state index contributed by atoms with van der Waals surface area (Å²) >= 11 is 0. The Kier molecular flexibility index (Phi) is 6.18. The smallest absolute Gasteiger partial charge is 0.292 e. The fourth-order valence-corrected chi connectivity index (χ4v) is 3.50. The molecule has 0 unspecified atom stereocenters. The zero-order valence-corrected chi connectivity index (χ0v) is 18.3. The molecule has 5 rings (SSSR count). The van der Waals surface area contributed by atoms with Gasteiger partial charge in [0.25, 0.3) is 5.91 Å². The van der Waals surface area contributed by atoms with Crippen LogP contribution in [-0.4, -0.2) is 26.5 Å². The minimum Gasteiger partial charge on any atom is -0.486 e. The number of amides is 1. The summed E-state index contributed by atoms with van der Waals surface area (Å²) in [5.41, 5.74) is 2.15. The molecule has 180 valence electrons. The first-order chi connectivity index (χ1) is 17.5. The van der Waals surface area contributed by atoms with Gasteiger partial charge in [-0.15, -0.1) is 10.2 Å². The molecule has 0 atom stereocenters. The lowest BCUT2D eigenvalue weighted by molar-refractivity contribution is 0.0997. The lowest BCUT2D eigenvalue weighted by atomic mass is 10.1. The Morgan fingerprint density at radius 2 is 1.83 bits per heavy atom. The molecule has 0 aliphatic heterocycles. The van der Waals surface area contributed by atoms with E-state index < -0.39 is 23.4 Å². The van der Waals surface area contributed by atoms with E-state index in [1.165, 1.54) is 30.5 Å². The van der Waals surface area contributed by atoms with Gasteiger partial charge in [0.1, 0.15) is 6.61 Å². The van der Waals surface area contributed by atoms with Gasteiger partial charge in [-0.3, -0.25) is 4.79 Å². The Balaban J connectivity index is 1.26. The van der Waals surface area contributed by atoms with Crippen molar-refractivity contribution in [1.29, 1.82) is 0 Å². The number of nitrogens with zero attached hydrogens (tertiary/aromatic N) is 3. The van der Waals surface area contributed by atoms with Crippen molar-refractivity contribution in [3.05, 3.63) is 102 Å². The van der Waals surface area contributed by atoms with Crippen LogP contribution in [0.2, 0.25) is 0 Å². The summed E-state index contributed by atoms with van der Waals surface area (Å²) in [6, 6.07) is 15.8. The first-order valence-corrected chi connectivity index (χ1v) is 10.6. The van der Waals surface area contributed by atoms with Gasteiger partial charge in [-0.05, 0) is 52.7 Å². The van der Waals surface area contributed by atoms with E-state index in [-0.39, 0.29) is 34.9 Å². The van der Waals surface area contributed by atoms with Crippen molar-refractivity contribution < 1.29 is 27.1 Å². The zero-order chi connectivity index (χ0) is 25.1. The van der Waals surface area contributed by atoms with E-state index in [1.54, 1.807) is 12.1 Å². The van der Waals surface area contributed by atoms with E-state index in [0.717, 1.165) is 29.3 Å². The predicted molar refractivity (Wildman–Crippen MR) is 122 cm³/mol. The minimum absolute atomic E-state index is 0.0153. The number of hydrogen-bond acceptors (Lipinski definition) is 6. The quantitative estimate of drug-likeness (QED) is 0.317. The molecule has 0 bridgehead atoms. The van der Waals surface area contributed by atoms with E-state index in [1.807, 2.05) is 12.1 Å². The number of furan rings is 1. The van der Waals surface area contributed by atoms with Crippen LogP contribution < -0.4 is 10.1 Å². The molecular weight excluding hydrogens is 475 g/mol. The number of carbonyl (C=O) groups is 1. The van der Waals surface area contributed by atoms with Crippen LogP contribution in [0.15, 0.2) is 77.4 Å². The lowest BCUT2D eigenvalue weighted by Crippen LogP contribution is -2.12. The second-order valence-corrected chi connectivity index (χ2v) is 7.62. The summed E-state index contributed by atoms with van der Waals surface area (Å²) in [7, 11) is 0. The third-order valence-electron chi connectivity index (χ3n) is 5.22. The maximum atomic E-state index is 14.7. The monoisotopic (exact) mass is 491 g/mol. The second-order valence-electron chi connectivity index (χ2n) is 7.62. The summed E-state index contributed by atoms with van der Waals surface area (Å²) < 4.78 is 52.4. The molecule has 2 N–H and O–H groups in total. The van der Waals surface area contributed by atoms with Crippen molar-refractivity contribution in [2.24, 2.45) is 0 Å². The van der Waals surface area contributed by atoms with Crippen LogP contribution in [0.4, 0.5) is 18.9 Å². The van der Waals surface area contributed by atoms with Crippen molar-refractivity contribution in [3.8, 4) is 28.3 Å². The topological polar surface area (TPSA) is 106 Å². The average Bonchev–Trinajstić information content (AvgIpc) is 3.58. The van der Waals surface area contributed by atoms with E-state index in [0.29, 0.717) is 5.82 Å². The Bertz CT molecular complexity index is 1540. The number of ether oxygens (including phenoxy) is 1. The van der Waals surface area contributed by atoms with Crippen LogP contribution in [0.25, 0.3) is 22.5 Å². The highest BCUT2D eigenvalue weighted by Crippen LogP contribution is 2.28. The number of nitrogens with one attached hydrogen (secondary N) is 2. The number of halogens is 3. The molecule has 0 spiro atoms. The molecule has 3 aromatic carbocycles. The highest BCUT2D eigenvalue weighted by atomic mass is 19.2. The molecule has 2 aromatic heterocycles. The summed E-state index contributed by atoms with van der Waals surface area (Å²) in [6.45, 7) is 0.0816. The van der Waals surface area contributed by atoms with E-state index >= 15 is 0 Å². The molecule has 0 radical (unpaired) electrons. The first-order valence-electron chi connectivity index (χ1n) is 10.6. The van der Waals surface area contributed by atoms with E-state index in [4.69, 9.17) is 9.15 Å².